The zero-order valence-electron chi connectivity index (χ0n) is 27.3. The van der Waals surface area contributed by atoms with E-state index in [1.165, 1.54) is 38.5 Å². The molecule has 0 radical (unpaired) electrons. The van der Waals surface area contributed by atoms with E-state index in [2.05, 4.69) is 24.1 Å². The fourth-order valence-electron chi connectivity index (χ4n) is 5.33. The monoisotopic (exact) mass is 566 g/mol. The van der Waals surface area contributed by atoms with E-state index >= 15 is 0 Å². The van der Waals surface area contributed by atoms with Gasteiger partial charge in [0.2, 0.25) is 17.7 Å². The molecule has 1 heterocycles. The second kappa shape index (κ2) is 19.5. The molecule has 1 saturated heterocycles. The number of nitrogens with zero attached hydrogens (tertiary/aromatic N) is 3. The average molecular weight is 567 g/mol. The number of rotatable bonds is 7. The lowest BCUT2D eigenvalue weighted by atomic mass is 9.88. The number of hydrogen-bond acceptors (Lipinski definition) is 5. The molecule has 3 aliphatic rings. The van der Waals surface area contributed by atoms with Gasteiger partial charge in [-0.05, 0) is 74.1 Å². The van der Waals surface area contributed by atoms with E-state index in [1.54, 1.807) is 4.90 Å². The third kappa shape index (κ3) is 13.3. The SMILES string of the molecule is CC(C)N(C)C(=O)C1CCCCC1.CC(C)N(C)C(=O)[C@H](C)N1CCOCC1.CC(C)NC(=O)C1CCCCC1. The van der Waals surface area contributed by atoms with E-state index in [4.69, 9.17) is 4.74 Å². The van der Waals surface area contributed by atoms with Crippen molar-refractivity contribution in [2.45, 2.75) is 137 Å². The predicted molar refractivity (Wildman–Crippen MR) is 164 cm³/mol. The molecule has 8 nitrogen and oxygen atoms in total. The standard InChI is InChI=1S/C11H22N2O2.C11H21NO.C10H19NO/c1-9(2)12(4)11(14)10(3)13-5-7-15-8-6-13;1-9(2)12(3)11(13)10-7-5-4-6-8-10;1-8(2)11-10(12)9-6-4-3-5-7-9/h9-10H,5-8H2,1-4H3;9-10H,4-8H2,1-3H3;8-9H,3-7H2,1-2H3,(H,11,12)/t10-;;/m0../s1. The summed E-state index contributed by atoms with van der Waals surface area (Å²) in [5, 5.41) is 2.97. The first-order chi connectivity index (χ1) is 18.9. The Labute approximate surface area is 245 Å². The quantitative estimate of drug-likeness (QED) is 0.464. The van der Waals surface area contributed by atoms with E-state index in [-0.39, 0.29) is 23.9 Å². The van der Waals surface area contributed by atoms with Gasteiger partial charge in [0.15, 0.2) is 0 Å². The molecule has 3 amide bonds. The Hall–Kier alpha value is -1.67. The van der Waals surface area contributed by atoms with Gasteiger partial charge >= 0.3 is 0 Å². The van der Waals surface area contributed by atoms with Crippen LogP contribution in [0.15, 0.2) is 0 Å². The van der Waals surface area contributed by atoms with Crippen LogP contribution in [-0.2, 0) is 19.1 Å². The third-order valence-electron chi connectivity index (χ3n) is 8.56. The molecule has 0 unspecified atom stereocenters. The summed E-state index contributed by atoms with van der Waals surface area (Å²) in [6, 6.07) is 0.871. The topological polar surface area (TPSA) is 82.2 Å². The Bertz CT molecular complexity index is 724. The highest BCUT2D eigenvalue weighted by molar-refractivity contribution is 5.81. The fraction of sp³-hybridized carbons (Fsp3) is 0.906. The van der Waals surface area contributed by atoms with Crippen LogP contribution in [0.2, 0.25) is 0 Å². The Kier molecular flexibility index (Phi) is 17.7. The van der Waals surface area contributed by atoms with Crippen molar-refractivity contribution >= 4 is 17.7 Å². The van der Waals surface area contributed by atoms with Crippen molar-refractivity contribution in [3.8, 4) is 0 Å². The van der Waals surface area contributed by atoms with Crippen molar-refractivity contribution in [3.05, 3.63) is 0 Å². The second-order valence-electron chi connectivity index (χ2n) is 12.7. The maximum Gasteiger partial charge on any atom is 0.239 e. The normalized spacial score (nSPS) is 19.7. The van der Waals surface area contributed by atoms with Crippen LogP contribution >= 0.6 is 0 Å². The summed E-state index contributed by atoms with van der Waals surface area (Å²) < 4.78 is 5.27. The minimum absolute atomic E-state index is 0.0266. The highest BCUT2D eigenvalue weighted by Crippen LogP contribution is 2.25. The van der Waals surface area contributed by atoms with Crippen molar-refractivity contribution in [2.75, 3.05) is 40.4 Å². The minimum Gasteiger partial charge on any atom is -0.379 e. The maximum atomic E-state index is 12.0. The first kappa shape index (κ1) is 36.4. The van der Waals surface area contributed by atoms with E-state index in [0.717, 1.165) is 52.0 Å². The van der Waals surface area contributed by atoms with Crippen molar-refractivity contribution in [3.63, 3.8) is 0 Å². The smallest absolute Gasteiger partial charge is 0.239 e. The maximum absolute atomic E-state index is 12.0. The summed E-state index contributed by atoms with van der Waals surface area (Å²) >= 11 is 0. The van der Waals surface area contributed by atoms with Gasteiger partial charge in [-0.15, -0.1) is 0 Å². The number of likely N-dealkylation sites (N-methyl/N-ethyl adjacent to an activating group) is 1. The number of amides is 3. The lowest BCUT2D eigenvalue weighted by molar-refractivity contribution is -0.138. The number of carbonyl (C=O) groups is 3. The molecule has 0 aromatic heterocycles. The Morgan fingerprint density at radius 2 is 1.15 bits per heavy atom. The summed E-state index contributed by atoms with van der Waals surface area (Å²) in [6.45, 7) is 17.4. The van der Waals surface area contributed by atoms with Crippen LogP contribution in [0.3, 0.4) is 0 Å². The summed E-state index contributed by atoms with van der Waals surface area (Å²) in [7, 11) is 3.78. The van der Waals surface area contributed by atoms with Crippen LogP contribution in [0.25, 0.3) is 0 Å². The predicted octanol–water partition coefficient (Wildman–Crippen LogP) is 5.10. The van der Waals surface area contributed by atoms with Crippen molar-refractivity contribution < 1.29 is 19.1 Å². The molecule has 2 aliphatic carbocycles. The van der Waals surface area contributed by atoms with Gasteiger partial charge in [-0.3, -0.25) is 19.3 Å². The molecule has 1 N–H and O–H groups in total. The van der Waals surface area contributed by atoms with E-state index in [9.17, 15) is 14.4 Å². The molecular weight excluding hydrogens is 504 g/mol. The molecular formula is C32H62N4O4. The zero-order chi connectivity index (χ0) is 30.2. The van der Waals surface area contributed by atoms with Crippen LogP contribution in [0.1, 0.15) is 113 Å². The highest BCUT2D eigenvalue weighted by Gasteiger charge is 2.27. The van der Waals surface area contributed by atoms with Gasteiger partial charge in [-0.1, -0.05) is 38.5 Å². The molecule has 2 saturated carbocycles. The number of morpholine rings is 1. The van der Waals surface area contributed by atoms with Crippen molar-refractivity contribution in [2.24, 2.45) is 11.8 Å². The van der Waals surface area contributed by atoms with Crippen molar-refractivity contribution in [1.82, 2.24) is 20.0 Å². The zero-order valence-corrected chi connectivity index (χ0v) is 27.3. The molecule has 1 aliphatic heterocycles. The number of carbonyl (C=O) groups excluding carboxylic acids is 3. The molecule has 3 fully saturated rings. The van der Waals surface area contributed by atoms with Gasteiger partial charge in [0.25, 0.3) is 0 Å². The first-order valence-electron chi connectivity index (χ1n) is 16.0. The van der Waals surface area contributed by atoms with E-state index < -0.39 is 0 Å². The molecule has 0 bridgehead atoms. The lowest BCUT2D eigenvalue weighted by Gasteiger charge is -2.34. The molecule has 0 aromatic carbocycles. The van der Waals surface area contributed by atoms with Gasteiger partial charge in [0, 0.05) is 57.1 Å². The fourth-order valence-corrected chi connectivity index (χ4v) is 5.33. The van der Waals surface area contributed by atoms with Crippen LogP contribution < -0.4 is 5.32 Å². The summed E-state index contributed by atoms with van der Waals surface area (Å²) in [5.74, 6) is 1.45. The molecule has 234 valence electrons. The largest absolute Gasteiger partial charge is 0.379 e. The third-order valence-corrected chi connectivity index (χ3v) is 8.56. The molecule has 3 rings (SSSR count). The van der Waals surface area contributed by atoms with E-state index in [0.29, 0.717) is 29.8 Å². The van der Waals surface area contributed by atoms with E-state index in [1.807, 2.05) is 53.6 Å². The molecule has 8 heteroatoms. The molecule has 0 aromatic rings. The Morgan fingerprint density at radius 1 is 0.700 bits per heavy atom. The summed E-state index contributed by atoms with van der Waals surface area (Å²) in [5.41, 5.74) is 0. The van der Waals surface area contributed by atoms with Gasteiger partial charge in [-0.2, -0.15) is 0 Å². The Morgan fingerprint density at radius 3 is 1.57 bits per heavy atom. The number of ether oxygens (including phenoxy) is 1. The lowest BCUT2D eigenvalue weighted by Crippen LogP contribution is -2.51. The molecule has 0 spiro atoms. The van der Waals surface area contributed by atoms with Gasteiger partial charge < -0.3 is 19.9 Å². The van der Waals surface area contributed by atoms with Crippen LogP contribution in [0.5, 0.6) is 0 Å². The van der Waals surface area contributed by atoms with Crippen molar-refractivity contribution in [1.29, 1.82) is 0 Å². The highest BCUT2D eigenvalue weighted by atomic mass is 16.5. The van der Waals surface area contributed by atoms with Gasteiger partial charge in [0.05, 0.1) is 19.3 Å². The number of nitrogens with one attached hydrogen (secondary N) is 1. The average Bonchev–Trinajstić information content (AvgIpc) is 2.96. The summed E-state index contributed by atoms with van der Waals surface area (Å²) in [4.78, 5) is 41.3. The minimum atomic E-state index is -0.0266. The van der Waals surface area contributed by atoms with Crippen LogP contribution in [0, 0.1) is 11.8 Å². The van der Waals surface area contributed by atoms with Crippen LogP contribution in [0.4, 0.5) is 0 Å². The second-order valence-corrected chi connectivity index (χ2v) is 12.7. The van der Waals surface area contributed by atoms with Gasteiger partial charge in [0.1, 0.15) is 0 Å². The summed E-state index contributed by atoms with van der Waals surface area (Å²) in [6.07, 6.45) is 12.0. The first-order valence-corrected chi connectivity index (χ1v) is 16.0. The van der Waals surface area contributed by atoms with Gasteiger partial charge in [-0.25, -0.2) is 0 Å². The van der Waals surface area contributed by atoms with Crippen LogP contribution in [-0.4, -0.2) is 97.0 Å². The Balaban J connectivity index is 0.000000302. The number of hydrogen-bond donors (Lipinski definition) is 1. The molecule has 1 atom stereocenters. The molecule has 40 heavy (non-hydrogen) atoms.